The molecule has 1 aromatic carbocycles. The van der Waals surface area contributed by atoms with Gasteiger partial charge in [-0.2, -0.15) is 0 Å². The van der Waals surface area contributed by atoms with Crippen molar-refractivity contribution in [2.75, 3.05) is 13.1 Å². The van der Waals surface area contributed by atoms with E-state index in [0.717, 1.165) is 55.7 Å². The lowest BCUT2D eigenvalue weighted by Crippen LogP contribution is -2.65. The summed E-state index contributed by atoms with van der Waals surface area (Å²) in [5.41, 5.74) is 2.16. The lowest BCUT2D eigenvalue weighted by molar-refractivity contribution is -0.199. The van der Waals surface area contributed by atoms with Crippen molar-refractivity contribution in [1.29, 1.82) is 0 Å². The molecule has 192 valence electrons. The predicted molar refractivity (Wildman–Crippen MR) is 137 cm³/mol. The summed E-state index contributed by atoms with van der Waals surface area (Å²) < 4.78 is 25.1. The van der Waals surface area contributed by atoms with Gasteiger partial charge in [-0.15, -0.1) is 0 Å². The molecule has 6 rings (SSSR count). The normalized spacial score (nSPS) is 33.3. The average Bonchev–Trinajstić information content (AvgIpc) is 3.38. The molecular formula is C28H42BNO5. The highest BCUT2D eigenvalue weighted by atomic mass is 16.7. The van der Waals surface area contributed by atoms with Crippen LogP contribution in [0.1, 0.15) is 82.3 Å². The Labute approximate surface area is 210 Å². The van der Waals surface area contributed by atoms with Crippen LogP contribution in [0.4, 0.5) is 0 Å². The summed E-state index contributed by atoms with van der Waals surface area (Å²) in [7, 11) is -0.204. The van der Waals surface area contributed by atoms with E-state index in [2.05, 4.69) is 32.2 Å². The second kappa shape index (κ2) is 8.78. The van der Waals surface area contributed by atoms with Crippen molar-refractivity contribution in [1.82, 2.24) is 5.32 Å². The van der Waals surface area contributed by atoms with Gasteiger partial charge < -0.3 is 24.1 Å². The quantitative estimate of drug-likeness (QED) is 0.456. The number of rotatable bonds is 6. The van der Waals surface area contributed by atoms with Crippen LogP contribution in [0.3, 0.4) is 0 Å². The average molecular weight is 483 g/mol. The Hall–Kier alpha value is -1.57. The first-order chi connectivity index (χ1) is 16.4. The molecule has 0 radical (unpaired) electrons. The van der Waals surface area contributed by atoms with Crippen molar-refractivity contribution in [2.45, 2.75) is 104 Å². The Morgan fingerprint density at radius 1 is 1.23 bits per heavy atom. The molecule has 0 amide bonds. The van der Waals surface area contributed by atoms with E-state index in [1.54, 1.807) is 0 Å². The first kappa shape index (κ1) is 25.1. The first-order valence-electron chi connectivity index (χ1n) is 13.4. The van der Waals surface area contributed by atoms with E-state index in [4.69, 9.17) is 18.8 Å². The molecule has 2 heterocycles. The second-order valence-electron chi connectivity index (χ2n) is 12.9. The second-order valence-corrected chi connectivity index (χ2v) is 12.9. The molecule has 0 aromatic heterocycles. The molecule has 2 saturated heterocycles. The number of esters is 1. The molecule has 35 heavy (non-hydrogen) atoms. The maximum absolute atomic E-state index is 13.2. The van der Waals surface area contributed by atoms with Gasteiger partial charge >= 0.3 is 13.1 Å². The Bertz CT molecular complexity index is 982. The van der Waals surface area contributed by atoms with Crippen LogP contribution >= 0.6 is 0 Å². The molecule has 3 aliphatic carbocycles. The molecule has 5 atom stereocenters. The third-order valence-corrected chi connectivity index (χ3v) is 9.10. The molecule has 5 fully saturated rings. The number of benzene rings is 1. The van der Waals surface area contributed by atoms with Gasteiger partial charge in [-0.1, -0.05) is 19.9 Å². The Balaban J connectivity index is 1.32. The summed E-state index contributed by atoms with van der Waals surface area (Å²) in [5, 5.41) is 3.32. The van der Waals surface area contributed by atoms with Gasteiger partial charge in [-0.25, -0.2) is 4.79 Å². The van der Waals surface area contributed by atoms with Crippen LogP contribution in [-0.4, -0.2) is 49.6 Å². The van der Waals surface area contributed by atoms with Gasteiger partial charge in [0.25, 0.3) is 0 Å². The van der Waals surface area contributed by atoms with Crippen molar-refractivity contribution in [3.63, 3.8) is 0 Å². The summed E-state index contributed by atoms with van der Waals surface area (Å²) in [4.78, 5) is 13.2. The molecule has 1 aromatic rings. The highest BCUT2D eigenvalue weighted by molar-refractivity contribution is 6.45. The highest BCUT2D eigenvalue weighted by Gasteiger charge is 2.67. The molecule has 5 aliphatic rings. The van der Waals surface area contributed by atoms with Gasteiger partial charge in [0.1, 0.15) is 23.0 Å². The van der Waals surface area contributed by atoms with Crippen LogP contribution in [0, 0.1) is 24.2 Å². The minimum Gasteiger partial charge on any atom is -0.488 e. The Morgan fingerprint density at radius 2 is 2.00 bits per heavy atom. The van der Waals surface area contributed by atoms with Gasteiger partial charge in [-0.05, 0) is 108 Å². The maximum atomic E-state index is 13.2. The van der Waals surface area contributed by atoms with Crippen LogP contribution in [0.15, 0.2) is 12.1 Å². The van der Waals surface area contributed by atoms with Crippen molar-refractivity contribution >= 4 is 13.1 Å². The van der Waals surface area contributed by atoms with E-state index < -0.39 is 5.60 Å². The van der Waals surface area contributed by atoms with E-state index in [-0.39, 0.29) is 30.9 Å². The van der Waals surface area contributed by atoms with Gasteiger partial charge in [0.15, 0.2) is 0 Å². The molecule has 6 nitrogen and oxygen atoms in total. The molecule has 2 aliphatic heterocycles. The van der Waals surface area contributed by atoms with Crippen molar-refractivity contribution < 1.29 is 23.6 Å². The van der Waals surface area contributed by atoms with E-state index in [9.17, 15) is 4.79 Å². The number of hydrogen-bond acceptors (Lipinski definition) is 6. The summed E-state index contributed by atoms with van der Waals surface area (Å²) in [6.45, 7) is 16.4. The van der Waals surface area contributed by atoms with Crippen LogP contribution in [0.25, 0.3) is 0 Å². The number of hydrogen-bond donors (Lipinski definition) is 1. The largest absolute Gasteiger partial charge is 0.488 e. The zero-order valence-corrected chi connectivity index (χ0v) is 22.5. The van der Waals surface area contributed by atoms with Gasteiger partial charge in [0.05, 0.1) is 11.7 Å². The number of aryl methyl sites for hydroxylation is 1. The highest BCUT2D eigenvalue weighted by Crippen LogP contribution is 2.65. The fourth-order valence-corrected chi connectivity index (χ4v) is 6.94. The third-order valence-electron chi connectivity index (χ3n) is 9.10. The summed E-state index contributed by atoms with van der Waals surface area (Å²) in [6, 6.07) is 4.03. The van der Waals surface area contributed by atoms with Gasteiger partial charge in [-0.3, -0.25) is 0 Å². The smallest absolute Gasteiger partial charge is 0.457 e. The standard InChI is InChI=1S/C28H42BNO5/c1-17-18(10-12-29-34-23-15-19-14-22(27(19,5)6)28(23,7)35-29)8-9-21(32-20-11-13-30-16-20)24(17)25(31)33-26(2,3)4/h8-9,19-20,22-23,30H,10-16H2,1-7H3/t19-,20-,22-,23+,28-/m0/s1. The lowest BCUT2D eigenvalue weighted by atomic mass is 9.43. The summed E-state index contributed by atoms with van der Waals surface area (Å²) in [6.07, 6.45) is 5.10. The fourth-order valence-electron chi connectivity index (χ4n) is 6.94. The third kappa shape index (κ3) is 4.53. The van der Waals surface area contributed by atoms with Crippen LogP contribution in [-0.2, 0) is 20.5 Å². The number of carbonyl (C=O) groups excluding carboxylic acids is 1. The van der Waals surface area contributed by atoms with Crippen LogP contribution < -0.4 is 10.1 Å². The van der Waals surface area contributed by atoms with Crippen LogP contribution in [0.2, 0.25) is 6.32 Å². The van der Waals surface area contributed by atoms with E-state index in [0.29, 0.717) is 22.6 Å². The number of carbonyl (C=O) groups is 1. The lowest BCUT2D eigenvalue weighted by Gasteiger charge is -2.64. The van der Waals surface area contributed by atoms with Crippen LogP contribution in [0.5, 0.6) is 5.75 Å². The first-order valence-corrected chi connectivity index (χ1v) is 13.4. The Kier molecular flexibility index (Phi) is 6.29. The number of nitrogens with one attached hydrogen (secondary N) is 1. The molecule has 0 unspecified atom stereocenters. The van der Waals surface area contributed by atoms with E-state index >= 15 is 0 Å². The maximum Gasteiger partial charge on any atom is 0.457 e. The van der Waals surface area contributed by atoms with Crippen molar-refractivity contribution in [2.24, 2.45) is 17.3 Å². The minimum absolute atomic E-state index is 0.0707. The van der Waals surface area contributed by atoms with Crippen molar-refractivity contribution in [3.8, 4) is 5.75 Å². The van der Waals surface area contributed by atoms with Gasteiger partial charge in [0, 0.05) is 6.54 Å². The molecule has 2 bridgehead atoms. The fraction of sp³-hybridized carbons (Fsp3) is 0.750. The zero-order chi connectivity index (χ0) is 25.2. The Morgan fingerprint density at radius 3 is 2.66 bits per heavy atom. The van der Waals surface area contributed by atoms with Gasteiger partial charge in [0.2, 0.25) is 0 Å². The van der Waals surface area contributed by atoms with E-state index in [1.807, 2.05) is 33.8 Å². The SMILES string of the molecule is Cc1c(CCB2O[C@@H]3C[C@@H]4C[C@@H](C4(C)C)[C@]3(C)O2)ccc(O[C@H]2CCNC2)c1C(=O)OC(C)(C)C. The zero-order valence-electron chi connectivity index (χ0n) is 22.5. The van der Waals surface area contributed by atoms with Crippen molar-refractivity contribution in [3.05, 3.63) is 28.8 Å². The summed E-state index contributed by atoms with van der Waals surface area (Å²) >= 11 is 0. The molecule has 1 N–H and O–H groups in total. The molecule has 3 saturated carbocycles. The minimum atomic E-state index is -0.572. The molecular weight excluding hydrogens is 441 g/mol. The molecule has 0 spiro atoms. The molecule has 7 heteroatoms. The predicted octanol–water partition coefficient (Wildman–Crippen LogP) is 4.96. The summed E-state index contributed by atoms with van der Waals surface area (Å²) in [5.74, 6) is 1.59. The topological polar surface area (TPSA) is 66.0 Å². The number of ether oxygens (including phenoxy) is 2. The van der Waals surface area contributed by atoms with E-state index in [1.165, 1.54) is 6.42 Å². The monoisotopic (exact) mass is 483 g/mol.